The highest BCUT2D eigenvalue weighted by Gasteiger charge is 2.27. The van der Waals surface area contributed by atoms with E-state index in [4.69, 9.17) is 10.5 Å². The summed E-state index contributed by atoms with van der Waals surface area (Å²) >= 11 is 1.40. The summed E-state index contributed by atoms with van der Waals surface area (Å²) in [6.45, 7) is -0.185. The van der Waals surface area contributed by atoms with E-state index in [0.717, 1.165) is 11.1 Å². The Morgan fingerprint density at radius 1 is 1.28 bits per heavy atom. The van der Waals surface area contributed by atoms with E-state index in [9.17, 15) is 9.18 Å². The molecule has 0 bridgehead atoms. The number of thioether (sulfide) groups is 1. The highest BCUT2D eigenvalue weighted by Crippen LogP contribution is 2.45. The van der Waals surface area contributed by atoms with Gasteiger partial charge in [-0.1, -0.05) is 42.1 Å². The second-order valence-corrected chi connectivity index (χ2v) is 6.76. The number of fused-ring (bicyclic) bond motifs is 1. The van der Waals surface area contributed by atoms with Crippen molar-refractivity contribution in [3.05, 3.63) is 65.6 Å². The van der Waals surface area contributed by atoms with Crippen LogP contribution in [0.1, 0.15) is 16.4 Å². The van der Waals surface area contributed by atoms with Gasteiger partial charge in [-0.2, -0.15) is 0 Å². The average molecular weight is 355 g/mol. The lowest BCUT2D eigenvalue weighted by Gasteiger charge is -2.25. The molecule has 2 aliphatic heterocycles. The van der Waals surface area contributed by atoms with Crippen molar-refractivity contribution in [2.45, 2.75) is 5.25 Å². The summed E-state index contributed by atoms with van der Waals surface area (Å²) in [5.74, 6) is -0.766. The molecule has 0 radical (unpaired) electrons. The Labute approximate surface area is 147 Å². The molecule has 2 heterocycles. The number of carbonyl (C=O) groups is 1. The molecule has 0 saturated heterocycles. The molecule has 7 heteroatoms. The highest BCUT2D eigenvalue weighted by atomic mass is 32.2. The molecule has 3 N–H and O–H groups in total. The zero-order valence-corrected chi connectivity index (χ0v) is 13.8. The lowest BCUT2D eigenvalue weighted by atomic mass is 9.97. The van der Waals surface area contributed by atoms with Gasteiger partial charge in [0.15, 0.2) is 23.3 Å². The molecule has 2 aromatic rings. The topological polar surface area (TPSA) is 76.7 Å². The van der Waals surface area contributed by atoms with Crippen molar-refractivity contribution in [1.82, 2.24) is 0 Å². The molecule has 5 nitrogen and oxygen atoms in total. The highest BCUT2D eigenvalue weighted by molar-refractivity contribution is 8.14. The van der Waals surface area contributed by atoms with Gasteiger partial charge in [0.25, 0.3) is 5.91 Å². The van der Waals surface area contributed by atoms with Gasteiger partial charge in [-0.3, -0.25) is 4.79 Å². The third-order valence-corrected chi connectivity index (χ3v) is 5.06. The van der Waals surface area contributed by atoms with Crippen LogP contribution in [0.25, 0.3) is 5.57 Å². The fourth-order valence-electron chi connectivity index (χ4n) is 2.84. The van der Waals surface area contributed by atoms with Crippen molar-refractivity contribution in [2.24, 2.45) is 10.7 Å². The molecule has 126 valence electrons. The maximum Gasteiger partial charge on any atom is 0.262 e. The van der Waals surface area contributed by atoms with E-state index >= 15 is 0 Å². The van der Waals surface area contributed by atoms with Gasteiger partial charge >= 0.3 is 0 Å². The first-order chi connectivity index (χ1) is 12.1. The Bertz CT molecular complexity index is 912. The van der Waals surface area contributed by atoms with Crippen LogP contribution in [-0.4, -0.2) is 17.7 Å². The first-order valence-electron chi connectivity index (χ1n) is 7.63. The summed E-state index contributed by atoms with van der Waals surface area (Å²) in [4.78, 5) is 15.7. The quantitative estimate of drug-likeness (QED) is 0.867. The Kier molecular flexibility index (Phi) is 3.93. The van der Waals surface area contributed by atoms with Gasteiger partial charge in [0.1, 0.15) is 0 Å². The van der Waals surface area contributed by atoms with E-state index in [1.807, 2.05) is 30.3 Å². The molecule has 0 aliphatic carbocycles. The van der Waals surface area contributed by atoms with Gasteiger partial charge in [-0.15, -0.1) is 0 Å². The number of anilines is 1. The number of halogens is 1. The maximum atomic E-state index is 14.4. The van der Waals surface area contributed by atoms with Crippen molar-refractivity contribution in [3.8, 4) is 5.75 Å². The first-order valence-corrected chi connectivity index (χ1v) is 8.51. The van der Waals surface area contributed by atoms with E-state index in [1.165, 1.54) is 17.8 Å². The van der Waals surface area contributed by atoms with Crippen LogP contribution in [0.3, 0.4) is 0 Å². The predicted octanol–water partition coefficient (Wildman–Crippen LogP) is 3.30. The number of carbonyl (C=O) groups excluding carboxylic acids is 1. The van der Waals surface area contributed by atoms with Crippen LogP contribution in [0.2, 0.25) is 0 Å². The van der Waals surface area contributed by atoms with Gasteiger partial charge in [0, 0.05) is 6.20 Å². The van der Waals surface area contributed by atoms with Gasteiger partial charge in [-0.25, -0.2) is 9.38 Å². The molecule has 4 rings (SSSR count). The number of aliphatic imine (C=N–C) groups is 1. The standard InChI is InChI=1S/C18H14FN3O2S/c19-13-6-11(7-14-16(13)24-9-15(23)22-14)12-8-21-18(20)25-17(12)10-4-2-1-3-5-10/h1-8,17H,9H2,(H2,20,21)(H,22,23). The molecule has 2 aliphatic rings. The van der Waals surface area contributed by atoms with E-state index in [0.29, 0.717) is 16.4 Å². The number of amides is 1. The van der Waals surface area contributed by atoms with E-state index in [-0.39, 0.29) is 23.5 Å². The molecule has 0 fully saturated rings. The summed E-state index contributed by atoms with van der Waals surface area (Å²) in [5.41, 5.74) is 8.68. The van der Waals surface area contributed by atoms with Gasteiger partial charge in [-0.05, 0) is 28.8 Å². The van der Waals surface area contributed by atoms with Crippen LogP contribution in [0, 0.1) is 5.82 Å². The van der Waals surface area contributed by atoms with Crippen LogP contribution in [-0.2, 0) is 4.79 Å². The molecular formula is C18H14FN3O2S. The molecule has 0 saturated carbocycles. The minimum atomic E-state index is -0.521. The smallest absolute Gasteiger partial charge is 0.262 e. The van der Waals surface area contributed by atoms with E-state index in [1.54, 1.807) is 12.3 Å². The van der Waals surface area contributed by atoms with Crippen molar-refractivity contribution in [3.63, 3.8) is 0 Å². The van der Waals surface area contributed by atoms with Crippen LogP contribution < -0.4 is 15.8 Å². The Hall–Kier alpha value is -2.80. The molecule has 2 aromatic carbocycles. The molecule has 1 unspecified atom stereocenters. The van der Waals surface area contributed by atoms with Crippen molar-refractivity contribution in [1.29, 1.82) is 0 Å². The Morgan fingerprint density at radius 2 is 2.08 bits per heavy atom. The minimum Gasteiger partial charge on any atom is -0.478 e. The van der Waals surface area contributed by atoms with Crippen molar-refractivity contribution >= 4 is 34.1 Å². The largest absolute Gasteiger partial charge is 0.478 e. The number of nitrogens with one attached hydrogen (secondary N) is 1. The van der Waals surface area contributed by atoms with E-state index < -0.39 is 5.82 Å². The van der Waals surface area contributed by atoms with Crippen LogP contribution in [0.5, 0.6) is 5.75 Å². The molecule has 0 spiro atoms. The molecule has 1 amide bonds. The van der Waals surface area contributed by atoms with Gasteiger partial charge < -0.3 is 15.8 Å². The SMILES string of the molecule is NC1=NC=C(c2cc(F)c3c(c2)NC(=O)CO3)C(c2ccccc2)S1. The normalized spacial score (nSPS) is 19.2. The third-order valence-electron chi connectivity index (χ3n) is 3.95. The number of benzene rings is 2. The number of hydrogen-bond acceptors (Lipinski definition) is 5. The Morgan fingerprint density at radius 3 is 2.88 bits per heavy atom. The van der Waals surface area contributed by atoms with Crippen LogP contribution in [0.15, 0.2) is 53.7 Å². The van der Waals surface area contributed by atoms with Gasteiger partial charge in [0.05, 0.1) is 10.9 Å². The number of amidine groups is 1. The lowest BCUT2D eigenvalue weighted by Crippen LogP contribution is -2.26. The summed E-state index contributed by atoms with van der Waals surface area (Å²) in [6, 6.07) is 12.9. The maximum absolute atomic E-state index is 14.4. The number of nitrogens with two attached hydrogens (primary N) is 1. The van der Waals surface area contributed by atoms with Crippen molar-refractivity contribution < 1.29 is 13.9 Å². The van der Waals surface area contributed by atoms with Crippen molar-refractivity contribution in [2.75, 3.05) is 11.9 Å². The van der Waals surface area contributed by atoms with E-state index in [2.05, 4.69) is 10.3 Å². The zero-order chi connectivity index (χ0) is 17.4. The number of hydrogen-bond donors (Lipinski definition) is 2. The fourth-order valence-corrected chi connectivity index (χ4v) is 3.81. The van der Waals surface area contributed by atoms with Crippen LogP contribution in [0.4, 0.5) is 10.1 Å². The monoisotopic (exact) mass is 355 g/mol. The van der Waals surface area contributed by atoms with Gasteiger partial charge in [0.2, 0.25) is 0 Å². The summed E-state index contributed by atoms with van der Waals surface area (Å²) in [7, 11) is 0. The second kappa shape index (κ2) is 6.25. The number of ether oxygens (including phenoxy) is 1. The minimum absolute atomic E-state index is 0.0617. The second-order valence-electron chi connectivity index (χ2n) is 5.63. The summed E-state index contributed by atoms with van der Waals surface area (Å²) < 4.78 is 19.6. The average Bonchev–Trinajstić information content (AvgIpc) is 2.62. The predicted molar refractivity (Wildman–Crippen MR) is 96.9 cm³/mol. The summed E-state index contributed by atoms with van der Waals surface area (Å²) in [6.07, 6.45) is 1.65. The number of nitrogens with zero attached hydrogens (tertiary/aromatic N) is 1. The zero-order valence-electron chi connectivity index (χ0n) is 13.0. The van der Waals surface area contributed by atoms with Crippen LogP contribution >= 0.6 is 11.8 Å². The summed E-state index contributed by atoms with van der Waals surface area (Å²) in [5, 5.41) is 2.98. The molecular weight excluding hydrogens is 341 g/mol. The lowest BCUT2D eigenvalue weighted by molar-refractivity contribution is -0.118. The first kappa shape index (κ1) is 15.7. The Balaban J connectivity index is 1.80. The fraction of sp³-hybridized carbons (Fsp3) is 0.111. The number of rotatable bonds is 2. The third kappa shape index (κ3) is 2.98. The molecule has 1 atom stereocenters. The molecule has 0 aromatic heterocycles. The molecule has 25 heavy (non-hydrogen) atoms.